The highest BCUT2D eigenvalue weighted by atomic mass is 32.2. The first-order valence-electron chi connectivity index (χ1n) is 8.74. The Balaban J connectivity index is 1.85. The first kappa shape index (κ1) is 23.5. The SMILES string of the molecule is COc1cc(/C=C2\SC(=O)N=C2N)ccc1OCc1ccc(C(F)(F)F)cc1C(F)(F)F. The van der Waals surface area contributed by atoms with Crippen molar-refractivity contribution in [2.24, 2.45) is 10.7 Å². The minimum absolute atomic E-state index is 0.0533. The monoisotopic (exact) mass is 476 g/mol. The van der Waals surface area contributed by atoms with Gasteiger partial charge in [0.1, 0.15) is 12.4 Å². The van der Waals surface area contributed by atoms with Gasteiger partial charge in [-0.25, -0.2) is 0 Å². The Morgan fingerprint density at radius 1 is 1.03 bits per heavy atom. The zero-order chi connectivity index (χ0) is 23.7. The van der Waals surface area contributed by atoms with Crippen LogP contribution in [0.15, 0.2) is 46.3 Å². The van der Waals surface area contributed by atoms with Gasteiger partial charge in [0, 0.05) is 5.56 Å². The Morgan fingerprint density at radius 2 is 1.75 bits per heavy atom. The molecule has 0 spiro atoms. The third kappa shape index (κ3) is 5.36. The van der Waals surface area contributed by atoms with E-state index in [1.165, 1.54) is 19.2 Å². The number of methoxy groups -OCH3 is 1. The number of amidine groups is 1. The number of carbonyl (C=O) groups excluding carboxylic acids is 1. The average Bonchev–Trinajstić information content (AvgIpc) is 3.01. The molecule has 0 aliphatic carbocycles. The second kappa shape index (κ2) is 8.77. The van der Waals surface area contributed by atoms with Crippen molar-refractivity contribution in [3.8, 4) is 11.5 Å². The van der Waals surface area contributed by atoms with E-state index in [4.69, 9.17) is 15.2 Å². The van der Waals surface area contributed by atoms with Crippen molar-refractivity contribution in [3.05, 3.63) is 63.6 Å². The molecule has 0 aromatic heterocycles. The van der Waals surface area contributed by atoms with Crippen LogP contribution in [0.25, 0.3) is 6.08 Å². The van der Waals surface area contributed by atoms with Crippen molar-refractivity contribution in [1.82, 2.24) is 0 Å². The van der Waals surface area contributed by atoms with Gasteiger partial charge in [0.05, 0.1) is 23.1 Å². The predicted molar refractivity (Wildman–Crippen MR) is 106 cm³/mol. The van der Waals surface area contributed by atoms with Gasteiger partial charge < -0.3 is 15.2 Å². The molecule has 1 aliphatic heterocycles. The van der Waals surface area contributed by atoms with Crippen LogP contribution in [0.1, 0.15) is 22.3 Å². The summed E-state index contributed by atoms with van der Waals surface area (Å²) in [6, 6.07) is 5.80. The first-order chi connectivity index (χ1) is 14.9. The molecule has 1 amide bonds. The molecule has 0 unspecified atom stereocenters. The zero-order valence-electron chi connectivity index (χ0n) is 16.2. The molecule has 170 valence electrons. The lowest BCUT2D eigenvalue weighted by Gasteiger charge is -2.17. The van der Waals surface area contributed by atoms with Crippen molar-refractivity contribution in [1.29, 1.82) is 0 Å². The van der Waals surface area contributed by atoms with E-state index < -0.39 is 40.9 Å². The van der Waals surface area contributed by atoms with Crippen molar-refractivity contribution in [2.45, 2.75) is 19.0 Å². The molecule has 32 heavy (non-hydrogen) atoms. The second-order valence-corrected chi connectivity index (χ2v) is 7.43. The Hall–Kier alpha value is -3.15. The fourth-order valence-electron chi connectivity index (χ4n) is 2.77. The first-order valence-corrected chi connectivity index (χ1v) is 9.56. The van der Waals surface area contributed by atoms with Crippen LogP contribution in [-0.4, -0.2) is 18.2 Å². The maximum Gasteiger partial charge on any atom is 0.416 e. The molecule has 2 aromatic rings. The van der Waals surface area contributed by atoms with Crippen LogP contribution in [0.5, 0.6) is 11.5 Å². The molecular weight excluding hydrogens is 462 g/mol. The van der Waals surface area contributed by atoms with Gasteiger partial charge in [0.15, 0.2) is 11.5 Å². The van der Waals surface area contributed by atoms with E-state index in [9.17, 15) is 31.1 Å². The van der Waals surface area contributed by atoms with E-state index in [1.54, 1.807) is 12.1 Å². The lowest BCUT2D eigenvalue weighted by Crippen LogP contribution is -2.14. The summed E-state index contributed by atoms with van der Waals surface area (Å²) in [4.78, 5) is 15.3. The number of halogens is 6. The number of thioether (sulfide) groups is 1. The Morgan fingerprint density at radius 3 is 2.31 bits per heavy atom. The summed E-state index contributed by atoms with van der Waals surface area (Å²) in [5.74, 6) is 0.283. The van der Waals surface area contributed by atoms with Crippen molar-refractivity contribution in [3.63, 3.8) is 0 Å². The number of nitrogens with zero attached hydrogens (tertiary/aromatic N) is 1. The number of nitrogens with two attached hydrogens (primary N) is 1. The fourth-order valence-corrected chi connectivity index (χ4v) is 3.45. The number of aliphatic imine (C=N–C) groups is 1. The number of rotatable bonds is 5. The highest BCUT2D eigenvalue weighted by molar-refractivity contribution is 8.18. The lowest BCUT2D eigenvalue weighted by atomic mass is 10.0. The fraction of sp³-hybridized carbons (Fsp3) is 0.200. The smallest absolute Gasteiger partial charge is 0.416 e. The van der Waals surface area contributed by atoms with E-state index in [2.05, 4.69) is 4.99 Å². The van der Waals surface area contributed by atoms with Gasteiger partial charge in [-0.1, -0.05) is 12.1 Å². The summed E-state index contributed by atoms with van der Waals surface area (Å²) < 4.78 is 88.9. The van der Waals surface area contributed by atoms with Crippen molar-refractivity contribution >= 4 is 28.9 Å². The molecule has 2 aromatic carbocycles. The lowest BCUT2D eigenvalue weighted by molar-refractivity contribution is -0.143. The molecule has 12 heteroatoms. The van der Waals surface area contributed by atoms with E-state index in [0.29, 0.717) is 16.5 Å². The quantitative estimate of drug-likeness (QED) is 0.546. The zero-order valence-corrected chi connectivity index (χ0v) is 17.0. The van der Waals surface area contributed by atoms with E-state index in [-0.39, 0.29) is 23.4 Å². The summed E-state index contributed by atoms with van der Waals surface area (Å²) in [6.07, 6.45) is -8.35. The van der Waals surface area contributed by atoms with Gasteiger partial charge in [-0.15, -0.1) is 0 Å². The Labute approximate surface area is 181 Å². The van der Waals surface area contributed by atoms with Gasteiger partial charge in [-0.05, 0) is 47.7 Å². The van der Waals surface area contributed by atoms with Gasteiger partial charge in [-0.2, -0.15) is 31.3 Å². The van der Waals surface area contributed by atoms with Gasteiger partial charge in [-0.3, -0.25) is 4.79 Å². The minimum atomic E-state index is -5.00. The van der Waals surface area contributed by atoms with Crippen LogP contribution >= 0.6 is 11.8 Å². The van der Waals surface area contributed by atoms with Crippen LogP contribution in [0.2, 0.25) is 0 Å². The maximum atomic E-state index is 13.3. The second-order valence-electron chi connectivity index (χ2n) is 6.44. The summed E-state index contributed by atoms with van der Waals surface area (Å²) in [6.45, 7) is -0.645. The molecule has 2 N–H and O–H groups in total. The van der Waals surface area contributed by atoms with Crippen LogP contribution in [0.3, 0.4) is 0 Å². The van der Waals surface area contributed by atoms with E-state index in [1.807, 2.05) is 0 Å². The van der Waals surface area contributed by atoms with Crippen LogP contribution in [0.4, 0.5) is 31.1 Å². The summed E-state index contributed by atoms with van der Waals surface area (Å²) in [7, 11) is 1.31. The maximum absolute atomic E-state index is 13.3. The summed E-state index contributed by atoms with van der Waals surface area (Å²) in [5, 5.41) is -0.460. The Kier molecular flexibility index (Phi) is 6.44. The highest BCUT2D eigenvalue weighted by Gasteiger charge is 2.38. The average molecular weight is 476 g/mol. The summed E-state index contributed by atoms with van der Waals surface area (Å²) in [5.41, 5.74) is 2.87. The number of ether oxygens (including phenoxy) is 2. The predicted octanol–water partition coefficient (Wildman–Crippen LogP) is 5.88. The molecule has 0 saturated carbocycles. The largest absolute Gasteiger partial charge is 0.493 e. The molecule has 5 nitrogen and oxygen atoms in total. The minimum Gasteiger partial charge on any atom is -0.493 e. The topological polar surface area (TPSA) is 73.9 Å². The summed E-state index contributed by atoms with van der Waals surface area (Å²) >= 11 is 0.835. The van der Waals surface area contributed by atoms with Crippen LogP contribution in [0, 0.1) is 0 Å². The molecule has 1 aliphatic rings. The van der Waals surface area contributed by atoms with E-state index >= 15 is 0 Å². The molecule has 0 bridgehead atoms. The third-order valence-corrected chi connectivity index (χ3v) is 5.09. The van der Waals surface area contributed by atoms with Crippen molar-refractivity contribution < 1.29 is 40.6 Å². The molecule has 3 rings (SSSR count). The standard InChI is InChI=1S/C20H14F6N2O3S/c1-30-15-6-10(7-16-17(27)28-18(29)32-16)2-5-14(15)31-9-11-3-4-12(19(21,22)23)8-13(11)20(24,25)26/h2-8H,9H2,1H3,(H2,27,28,29)/b16-7-. The number of carbonyl (C=O) groups is 1. The molecular formula is C20H14F6N2O3S. The van der Waals surface area contributed by atoms with E-state index in [0.717, 1.165) is 17.8 Å². The number of amides is 1. The van der Waals surface area contributed by atoms with Crippen molar-refractivity contribution in [2.75, 3.05) is 7.11 Å². The molecule has 0 atom stereocenters. The van der Waals surface area contributed by atoms with Gasteiger partial charge in [0.2, 0.25) is 0 Å². The number of hydrogen-bond acceptors (Lipinski definition) is 5. The van der Waals surface area contributed by atoms with Crippen LogP contribution in [-0.2, 0) is 19.0 Å². The van der Waals surface area contributed by atoms with Gasteiger partial charge >= 0.3 is 17.6 Å². The third-order valence-electron chi connectivity index (χ3n) is 4.27. The number of hydrogen-bond donors (Lipinski definition) is 1. The highest BCUT2D eigenvalue weighted by Crippen LogP contribution is 2.38. The van der Waals surface area contributed by atoms with Gasteiger partial charge in [0.25, 0.3) is 0 Å². The number of benzene rings is 2. The molecule has 0 radical (unpaired) electrons. The molecule has 0 saturated heterocycles. The number of alkyl halides is 6. The Bertz CT molecular complexity index is 1110. The van der Waals surface area contributed by atoms with Crippen LogP contribution < -0.4 is 15.2 Å². The molecule has 0 fully saturated rings. The molecule has 1 heterocycles. The normalized spacial score (nSPS) is 15.8.